The van der Waals surface area contributed by atoms with Crippen molar-refractivity contribution >= 4 is 10.8 Å². The fraction of sp³-hybridized carbons (Fsp3) is 0.448. The maximum atomic E-state index is 15.2. The molecule has 1 saturated heterocycles. The highest BCUT2D eigenvalue weighted by atomic mass is 19.4. The summed E-state index contributed by atoms with van der Waals surface area (Å²) in [5.41, 5.74) is 2.44. The molecule has 8 heteroatoms. The summed E-state index contributed by atoms with van der Waals surface area (Å²) < 4.78 is 73.3. The first kappa shape index (κ1) is 27.4. The van der Waals surface area contributed by atoms with Crippen molar-refractivity contribution < 1.29 is 36.5 Å². The molecule has 4 rings (SSSR count). The first-order chi connectivity index (χ1) is 17.8. The number of hydrogen-bond acceptors (Lipinski definition) is 4. The molecule has 0 atom stereocenters. The Morgan fingerprint density at radius 1 is 0.892 bits per heavy atom. The molecule has 4 nitrogen and oxygen atoms in total. The van der Waals surface area contributed by atoms with Gasteiger partial charge >= 0.3 is 6.36 Å². The second-order valence-electron chi connectivity index (χ2n) is 9.27. The zero-order valence-corrected chi connectivity index (χ0v) is 20.9. The average Bonchev–Trinajstić information content (AvgIpc) is 2.88. The smallest absolute Gasteiger partial charge is 0.406 e. The second-order valence-corrected chi connectivity index (χ2v) is 9.27. The van der Waals surface area contributed by atoms with Crippen LogP contribution < -0.4 is 4.74 Å². The van der Waals surface area contributed by atoms with E-state index < -0.39 is 6.36 Å². The van der Waals surface area contributed by atoms with Crippen molar-refractivity contribution in [2.75, 3.05) is 19.8 Å². The lowest BCUT2D eigenvalue weighted by atomic mass is 9.98. The monoisotopic (exact) mass is 520 g/mol. The summed E-state index contributed by atoms with van der Waals surface area (Å²) in [5, 5.41) is 1.37. The molecule has 0 saturated carbocycles. The van der Waals surface area contributed by atoms with Crippen molar-refractivity contribution in [2.24, 2.45) is 0 Å². The second kappa shape index (κ2) is 12.7. The third-order valence-corrected chi connectivity index (χ3v) is 6.39. The van der Waals surface area contributed by atoms with E-state index in [1.165, 1.54) is 12.1 Å². The summed E-state index contributed by atoms with van der Waals surface area (Å²) in [6, 6.07) is 15.0. The Labute approximate surface area is 214 Å². The average molecular weight is 521 g/mol. The normalized spacial score (nSPS) is 18.3. The summed E-state index contributed by atoms with van der Waals surface area (Å²) in [6.07, 6.45) is -0.489. The Morgan fingerprint density at radius 3 is 2.32 bits per heavy atom. The molecule has 1 heterocycles. The van der Waals surface area contributed by atoms with E-state index in [0.717, 1.165) is 42.4 Å². The van der Waals surface area contributed by atoms with Crippen molar-refractivity contribution in [1.82, 2.24) is 0 Å². The van der Waals surface area contributed by atoms with Crippen LogP contribution in [-0.4, -0.2) is 38.6 Å². The summed E-state index contributed by atoms with van der Waals surface area (Å²) in [6.45, 7) is 3.92. The van der Waals surface area contributed by atoms with Gasteiger partial charge in [-0.05, 0) is 59.9 Å². The molecule has 3 aromatic carbocycles. The molecule has 1 aliphatic heterocycles. The number of ether oxygens (including phenoxy) is 4. The molecule has 0 radical (unpaired) electrons. The van der Waals surface area contributed by atoms with Crippen molar-refractivity contribution in [3.8, 4) is 5.75 Å². The molecule has 37 heavy (non-hydrogen) atoms. The van der Waals surface area contributed by atoms with Crippen LogP contribution in [0.3, 0.4) is 0 Å². The minimum absolute atomic E-state index is 0.0107. The van der Waals surface area contributed by atoms with Gasteiger partial charge in [0.05, 0.1) is 13.2 Å². The first-order valence-corrected chi connectivity index (χ1v) is 12.7. The Kier molecular flexibility index (Phi) is 9.40. The largest absolute Gasteiger partial charge is 0.573 e. The third-order valence-electron chi connectivity index (χ3n) is 6.39. The van der Waals surface area contributed by atoms with Crippen LogP contribution >= 0.6 is 0 Å². The van der Waals surface area contributed by atoms with Gasteiger partial charge in [-0.15, -0.1) is 13.2 Å². The maximum absolute atomic E-state index is 15.2. The van der Waals surface area contributed by atoms with Crippen LogP contribution in [0.25, 0.3) is 10.8 Å². The number of benzene rings is 3. The number of unbranched alkanes of at least 4 members (excludes halogenated alkanes) is 1. The number of alkyl halides is 3. The molecule has 0 aliphatic carbocycles. The number of fused-ring (bicyclic) bond motifs is 1. The summed E-state index contributed by atoms with van der Waals surface area (Å²) in [5.74, 6) is -0.541. The Hall–Kier alpha value is -2.68. The summed E-state index contributed by atoms with van der Waals surface area (Å²) in [7, 11) is 0. The van der Waals surface area contributed by atoms with Gasteiger partial charge in [-0.3, -0.25) is 0 Å². The van der Waals surface area contributed by atoms with Gasteiger partial charge in [0.25, 0.3) is 0 Å². The van der Waals surface area contributed by atoms with E-state index in [9.17, 15) is 13.2 Å². The SMILES string of the molecule is CCCCOC1COC(CCc2ccc3c(F)c(CCc4ccc(OC(F)(F)F)cc4)ccc3c2)OC1. The van der Waals surface area contributed by atoms with Crippen molar-refractivity contribution in [2.45, 2.75) is 64.2 Å². The molecular formula is C29H32F4O4. The highest BCUT2D eigenvalue weighted by Crippen LogP contribution is 2.26. The zero-order valence-electron chi connectivity index (χ0n) is 20.9. The number of rotatable bonds is 11. The standard InChI is InChI=1S/C29H32F4O4/c1-2-3-16-34-25-18-35-27(36-19-25)15-8-21-7-14-26-23(17-21)11-10-22(28(26)30)9-4-20-5-12-24(13-6-20)37-29(31,32)33/h5-7,10-14,17,25,27H,2-4,8-9,15-16,18-19H2,1H3. The van der Waals surface area contributed by atoms with Gasteiger partial charge < -0.3 is 18.9 Å². The molecule has 0 amide bonds. The van der Waals surface area contributed by atoms with Crippen molar-refractivity contribution in [3.63, 3.8) is 0 Å². The lowest BCUT2D eigenvalue weighted by Crippen LogP contribution is -2.37. The third kappa shape index (κ3) is 8.15. The van der Waals surface area contributed by atoms with Crippen LogP contribution in [0.1, 0.15) is 42.9 Å². The van der Waals surface area contributed by atoms with Crippen LogP contribution in [0.15, 0.2) is 54.6 Å². The van der Waals surface area contributed by atoms with Crippen LogP contribution in [0, 0.1) is 5.82 Å². The van der Waals surface area contributed by atoms with E-state index in [1.54, 1.807) is 24.3 Å². The van der Waals surface area contributed by atoms with E-state index in [-0.39, 0.29) is 24.0 Å². The highest BCUT2D eigenvalue weighted by molar-refractivity contribution is 5.84. The minimum atomic E-state index is -4.72. The van der Waals surface area contributed by atoms with E-state index in [2.05, 4.69) is 11.7 Å². The first-order valence-electron chi connectivity index (χ1n) is 12.7. The molecular weight excluding hydrogens is 488 g/mol. The number of aryl methyl sites for hydroxylation is 3. The molecule has 0 aromatic heterocycles. The molecule has 0 bridgehead atoms. The van der Waals surface area contributed by atoms with E-state index in [4.69, 9.17) is 14.2 Å². The summed E-state index contributed by atoms with van der Waals surface area (Å²) >= 11 is 0. The molecule has 0 N–H and O–H groups in total. The topological polar surface area (TPSA) is 36.9 Å². The predicted octanol–water partition coefficient (Wildman–Crippen LogP) is 7.15. The van der Waals surface area contributed by atoms with Crippen LogP contribution in [-0.2, 0) is 33.5 Å². The maximum Gasteiger partial charge on any atom is 0.573 e. The molecule has 3 aromatic rings. The molecule has 1 aliphatic rings. The van der Waals surface area contributed by atoms with Gasteiger partial charge in [0.2, 0.25) is 0 Å². The van der Waals surface area contributed by atoms with Gasteiger partial charge in [0.15, 0.2) is 6.29 Å². The van der Waals surface area contributed by atoms with Gasteiger partial charge in [0, 0.05) is 18.4 Å². The lowest BCUT2D eigenvalue weighted by molar-refractivity contribution is -0.274. The fourth-order valence-electron chi connectivity index (χ4n) is 4.34. The van der Waals surface area contributed by atoms with Crippen molar-refractivity contribution in [3.05, 3.63) is 77.1 Å². The molecule has 1 fully saturated rings. The van der Waals surface area contributed by atoms with Crippen LogP contribution in [0.5, 0.6) is 5.75 Å². The van der Waals surface area contributed by atoms with E-state index in [0.29, 0.717) is 43.4 Å². The van der Waals surface area contributed by atoms with Crippen molar-refractivity contribution in [1.29, 1.82) is 0 Å². The summed E-state index contributed by atoms with van der Waals surface area (Å²) in [4.78, 5) is 0. The minimum Gasteiger partial charge on any atom is -0.406 e. The highest BCUT2D eigenvalue weighted by Gasteiger charge is 2.31. The molecule has 200 valence electrons. The van der Waals surface area contributed by atoms with E-state index in [1.807, 2.05) is 18.2 Å². The van der Waals surface area contributed by atoms with Crippen LogP contribution in [0.4, 0.5) is 17.6 Å². The van der Waals surface area contributed by atoms with Gasteiger partial charge in [-0.2, -0.15) is 0 Å². The number of halogens is 4. The lowest BCUT2D eigenvalue weighted by Gasteiger charge is -2.29. The quantitative estimate of drug-likeness (QED) is 0.199. The number of hydrogen-bond donors (Lipinski definition) is 0. The van der Waals surface area contributed by atoms with Gasteiger partial charge in [-0.25, -0.2) is 4.39 Å². The predicted molar refractivity (Wildman–Crippen MR) is 133 cm³/mol. The van der Waals surface area contributed by atoms with Crippen LogP contribution in [0.2, 0.25) is 0 Å². The van der Waals surface area contributed by atoms with Gasteiger partial charge in [0.1, 0.15) is 17.7 Å². The Balaban J connectivity index is 1.29. The zero-order chi connectivity index (χ0) is 26.3. The van der Waals surface area contributed by atoms with E-state index >= 15 is 4.39 Å². The molecule has 0 unspecified atom stereocenters. The fourth-order valence-corrected chi connectivity index (χ4v) is 4.34. The van der Waals surface area contributed by atoms with Gasteiger partial charge in [-0.1, -0.05) is 55.8 Å². The Morgan fingerprint density at radius 2 is 1.62 bits per heavy atom. The Bertz CT molecular complexity index is 1140. The molecule has 0 spiro atoms.